The van der Waals surface area contributed by atoms with Gasteiger partial charge in [0, 0.05) is 0 Å². The first-order valence-electron chi connectivity index (χ1n) is 6.96. The Kier molecular flexibility index (Phi) is 3.84. The van der Waals surface area contributed by atoms with E-state index in [9.17, 15) is 0 Å². The molecule has 0 aromatic rings. The van der Waals surface area contributed by atoms with Gasteiger partial charge in [-0.05, 0) is 58.4 Å². The van der Waals surface area contributed by atoms with Gasteiger partial charge < -0.3 is 0 Å². The molecule has 0 fully saturated rings. The summed E-state index contributed by atoms with van der Waals surface area (Å²) in [5, 5.41) is 0. The molecule has 0 N–H and O–H groups in total. The number of rotatable bonds is 2. The Hall–Kier alpha value is -1.18. The van der Waals surface area contributed by atoms with Gasteiger partial charge in [0.05, 0.1) is 23.5 Å². The van der Waals surface area contributed by atoms with Gasteiger partial charge in [-0.3, -0.25) is 9.98 Å². The standard InChI is InChI=1S/C16H24N2/c1-10(2)14-6-8-15(9-7-14)16-13(5)17-11(3)12(4)18-16/h8,11-12,14H,1,6-7,9H2,2-5H3. The van der Waals surface area contributed by atoms with Crippen LogP contribution < -0.4 is 0 Å². The molecule has 1 aliphatic heterocycles. The van der Waals surface area contributed by atoms with E-state index >= 15 is 0 Å². The summed E-state index contributed by atoms with van der Waals surface area (Å²) in [6, 6.07) is 0.629. The molecule has 0 radical (unpaired) electrons. The smallest absolute Gasteiger partial charge is 0.0814 e. The molecule has 98 valence electrons. The van der Waals surface area contributed by atoms with Crippen LogP contribution in [0.25, 0.3) is 0 Å². The molecule has 0 spiro atoms. The van der Waals surface area contributed by atoms with Crippen molar-refractivity contribution in [3.05, 3.63) is 23.8 Å². The fourth-order valence-corrected chi connectivity index (χ4v) is 2.69. The zero-order chi connectivity index (χ0) is 13.3. The number of nitrogens with zero attached hydrogens (tertiary/aromatic N) is 2. The largest absolute Gasteiger partial charge is 0.283 e. The van der Waals surface area contributed by atoms with Gasteiger partial charge in [0.2, 0.25) is 0 Å². The Bertz CT molecular complexity index is 440. The minimum Gasteiger partial charge on any atom is -0.283 e. The zero-order valence-corrected chi connectivity index (χ0v) is 12.0. The number of allylic oxidation sites excluding steroid dienone is 3. The summed E-state index contributed by atoms with van der Waals surface area (Å²) in [4.78, 5) is 9.53. The summed E-state index contributed by atoms with van der Waals surface area (Å²) in [7, 11) is 0. The molecular formula is C16H24N2. The van der Waals surface area contributed by atoms with E-state index in [1.54, 1.807) is 0 Å². The fraction of sp³-hybridized carbons (Fsp3) is 0.625. The van der Waals surface area contributed by atoms with Crippen LogP contribution in [0.5, 0.6) is 0 Å². The van der Waals surface area contributed by atoms with Crippen LogP contribution >= 0.6 is 0 Å². The van der Waals surface area contributed by atoms with Crippen LogP contribution in [0.3, 0.4) is 0 Å². The molecule has 1 aliphatic carbocycles. The summed E-state index contributed by atoms with van der Waals surface area (Å²) in [6.07, 6.45) is 5.78. The number of hydrogen-bond acceptors (Lipinski definition) is 2. The van der Waals surface area contributed by atoms with E-state index in [0.29, 0.717) is 18.0 Å². The Balaban J connectivity index is 2.16. The summed E-state index contributed by atoms with van der Waals surface area (Å²) in [5.41, 5.74) is 4.97. The van der Waals surface area contributed by atoms with Crippen molar-refractivity contribution in [2.75, 3.05) is 0 Å². The lowest BCUT2D eigenvalue weighted by Crippen LogP contribution is -2.30. The third-order valence-corrected chi connectivity index (χ3v) is 4.18. The first-order chi connectivity index (χ1) is 8.49. The maximum absolute atomic E-state index is 4.83. The summed E-state index contributed by atoms with van der Waals surface area (Å²) < 4.78 is 0. The second-order valence-electron chi connectivity index (χ2n) is 5.72. The van der Waals surface area contributed by atoms with Crippen LogP contribution in [-0.4, -0.2) is 23.5 Å². The molecule has 0 amide bonds. The first-order valence-corrected chi connectivity index (χ1v) is 6.96. The topological polar surface area (TPSA) is 24.7 Å². The molecule has 2 heteroatoms. The SMILES string of the molecule is C=C(C)C1CC=C(C2=NC(C)C(C)N=C2C)CC1. The molecular weight excluding hydrogens is 220 g/mol. The predicted molar refractivity (Wildman–Crippen MR) is 79.7 cm³/mol. The quantitative estimate of drug-likeness (QED) is 0.656. The van der Waals surface area contributed by atoms with E-state index < -0.39 is 0 Å². The third-order valence-electron chi connectivity index (χ3n) is 4.18. The minimum absolute atomic E-state index is 0.309. The van der Waals surface area contributed by atoms with Crippen LogP contribution in [-0.2, 0) is 0 Å². The minimum atomic E-state index is 0.309. The average molecular weight is 244 g/mol. The van der Waals surface area contributed by atoms with E-state index in [1.165, 1.54) is 17.6 Å². The van der Waals surface area contributed by atoms with Crippen molar-refractivity contribution >= 4 is 11.4 Å². The van der Waals surface area contributed by atoms with Gasteiger partial charge in [-0.1, -0.05) is 18.2 Å². The highest BCUT2D eigenvalue weighted by Crippen LogP contribution is 2.30. The molecule has 0 bridgehead atoms. The molecule has 2 rings (SSSR count). The van der Waals surface area contributed by atoms with Gasteiger partial charge in [0.1, 0.15) is 0 Å². The second kappa shape index (κ2) is 5.21. The van der Waals surface area contributed by atoms with Gasteiger partial charge in [-0.2, -0.15) is 0 Å². The molecule has 18 heavy (non-hydrogen) atoms. The summed E-state index contributed by atoms with van der Waals surface area (Å²) in [6.45, 7) is 12.6. The number of hydrogen-bond donors (Lipinski definition) is 0. The lowest BCUT2D eigenvalue weighted by Gasteiger charge is -2.27. The summed E-state index contributed by atoms with van der Waals surface area (Å²) >= 11 is 0. The first kappa shape index (κ1) is 13.3. The van der Waals surface area contributed by atoms with E-state index in [1.807, 2.05) is 0 Å². The van der Waals surface area contributed by atoms with E-state index in [2.05, 4.69) is 40.3 Å². The lowest BCUT2D eigenvalue weighted by atomic mass is 9.83. The molecule has 2 aliphatic rings. The highest BCUT2D eigenvalue weighted by atomic mass is 15.0. The van der Waals surface area contributed by atoms with Gasteiger partial charge >= 0.3 is 0 Å². The van der Waals surface area contributed by atoms with Crippen molar-refractivity contribution in [2.24, 2.45) is 15.9 Å². The van der Waals surface area contributed by atoms with E-state index in [4.69, 9.17) is 9.98 Å². The van der Waals surface area contributed by atoms with Crippen molar-refractivity contribution in [3.63, 3.8) is 0 Å². The van der Waals surface area contributed by atoms with Crippen LogP contribution in [0, 0.1) is 5.92 Å². The van der Waals surface area contributed by atoms with Crippen LogP contribution in [0.1, 0.15) is 47.0 Å². The van der Waals surface area contributed by atoms with Gasteiger partial charge in [0.15, 0.2) is 0 Å². The van der Waals surface area contributed by atoms with Crippen molar-refractivity contribution in [1.82, 2.24) is 0 Å². The van der Waals surface area contributed by atoms with Gasteiger partial charge in [0.25, 0.3) is 0 Å². The monoisotopic (exact) mass is 244 g/mol. The Morgan fingerprint density at radius 2 is 1.94 bits per heavy atom. The van der Waals surface area contributed by atoms with Crippen molar-refractivity contribution < 1.29 is 0 Å². The fourth-order valence-electron chi connectivity index (χ4n) is 2.69. The maximum atomic E-state index is 4.83. The Labute approximate surface area is 111 Å². The maximum Gasteiger partial charge on any atom is 0.0814 e. The normalized spacial score (nSPS) is 32.4. The summed E-state index contributed by atoms with van der Waals surface area (Å²) in [5.74, 6) is 0.659. The molecule has 0 saturated heterocycles. The molecule has 1 heterocycles. The van der Waals surface area contributed by atoms with Crippen LogP contribution in [0.4, 0.5) is 0 Å². The highest BCUT2D eigenvalue weighted by molar-refractivity contribution is 6.48. The molecule has 0 aromatic heterocycles. The van der Waals surface area contributed by atoms with Crippen molar-refractivity contribution in [2.45, 2.75) is 59.0 Å². The zero-order valence-electron chi connectivity index (χ0n) is 12.0. The third kappa shape index (κ3) is 2.63. The molecule has 3 atom stereocenters. The van der Waals surface area contributed by atoms with Crippen molar-refractivity contribution in [1.29, 1.82) is 0 Å². The van der Waals surface area contributed by atoms with Crippen molar-refractivity contribution in [3.8, 4) is 0 Å². The average Bonchev–Trinajstić information content (AvgIpc) is 2.34. The predicted octanol–water partition coefficient (Wildman–Crippen LogP) is 3.98. The Morgan fingerprint density at radius 3 is 2.50 bits per heavy atom. The Morgan fingerprint density at radius 1 is 1.28 bits per heavy atom. The van der Waals surface area contributed by atoms with Crippen LogP contribution in [0.15, 0.2) is 33.8 Å². The molecule has 0 saturated carbocycles. The highest BCUT2D eigenvalue weighted by Gasteiger charge is 2.24. The van der Waals surface area contributed by atoms with Crippen LogP contribution in [0.2, 0.25) is 0 Å². The second-order valence-corrected chi connectivity index (χ2v) is 5.72. The number of aliphatic imine (C=N–C) groups is 2. The van der Waals surface area contributed by atoms with Gasteiger partial charge in [-0.15, -0.1) is 0 Å². The van der Waals surface area contributed by atoms with Gasteiger partial charge in [-0.25, -0.2) is 0 Å². The molecule has 0 aromatic carbocycles. The lowest BCUT2D eigenvalue weighted by molar-refractivity contribution is 0.546. The molecule has 2 nitrogen and oxygen atoms in total. The van der Waals surface area contributed by atoms with E-state index in [0.717, 1.165) is 24.3 Å². The van der Waals surface area contributed by atoms with E-state index in [-0.39, 0.29) is 0 Å². The molecule has 3 unspecified atom stereocenters.